The highest BCUT2D eigenvalue weighted by Gasteiger charge is 2.52. The van der Waals surface area contributed by atoms with Crippen LogP contribution in [0.25, 0.3) is 5.70 Å². The zero-order valence-corrected chi connectivity index (χ0v) is 25.6. The number of nitrogens with one attached hydrogen (secondary N) is 2. The van der Waals surface area contributed by atoms with Crippen LogP contribution in [0.3, 0.4) is 0 Å². The summed E-state index contributed by atoms with van der Waals surface area (Å²) in [5, 5.41) is 6.63. The lowest BCUT2D eigenvalue weighted by molar-refractivity contribution is -0.157. The van der Waals surface area contributed by atoms with Gasteiger partial charge in [-0.25, -0.2) is 0 Å². The number of hydrogen-bond acceptors (Lipinski definition) is 4. The highest BCUT2D eigenvalue weighted by atomic mass is 35.5. The van der Waals surface area contributed by atoms with Crippen molar-refractivity contribution in [2.24, 2.45) is 0 Å². The predicted octanol–water partition coefficient (Wildman–Crippen LogP) is 7.13. The number of benzene rings is 5. The molecular weight excluding hydrogens is 596 g/mol. The lowest BCUT2D eigenvalue weighted by Crippen LogP contribution is -2.61. The van der Waals surface area contributed by atoms with E-state index in [1.165, 1.54) is 0 Å². The molecule has 0 radical (unpaired) electrons. The van der Waals surface area contributed by atoms with Gasteiger partial charge in [0.1, 0.15) is 0 Å². The number of halogens is 1. The molecule has 2 N–H and O–H groups in total. The number of esters is 1. The minimum absolute atomic E-state index is 0.0294. The van der Waals surface area contributed by atoms with Gasteiger partial charge < -0.3 is 15.4 Å². The average molecular weight is 627 g/mol. The van der Waals surface area contributed by atoms with Gasteiger partial charge in [0, 0.05) is 22.2 Å². The second kappa shape index (κ2) is 13.7. The van der Waals surface area contributed by atoms with E-state index in [2.05, 4.69) is 10.6 Å². The van der Waals surface area contributed by atoms with E-state index >= 15 is 0 Å². The minimum Gasteiger partial charge on any atom is -0.447 e. The molecule has 1 aliphatic heterocycles. The van der Waals surface area contributed by atoms with Crippen molar-refractivity contribution < 1.29 is 19.1 Å². The molecule has 228 valence electrons. The molecule has 0 bridgehead atoms. The summed E-state index contributed by atoms with van der Waals surface area (Å²) >= 11 is 6.17. The fourth-order valence-corrected chi connectivity index (χ4v) is 5.94. The Morgan fingerprint density at radius 1 is 0.761 bits per heavy atom. The van der Waals surface area contributed by atoms with Crippen LogP contribution in [0.1, 0.15) is 39.8 Å². The Kier molecular flexibility index (Phi) is 9.08. The van der Waals surface area contributed by atoms with E-state index in [0.717, 1.165) is 16.7 Å². The first-order chi connectivity index (χ1) is 22.4. The molecule has 0 saturated heterocycles. The van der Waals surface area contributed by atoms with Crippen molar-refractivity contribution in [1.29, 1.82) is 0 Å². The molecule has 6 rings (SSSR count). The molecular formula is C39H31ClN2O4. The summed E-state index contributed by atoms with van der Waals surface area (Å²) in [7, 11) is 0. The Morgan fingerprint density at radius 3 is 1.96 bits per heavy atom. The smallest absolute Gasteiger partial charge is 0.311 e. The molecule has 2 amide bonds. The van der Waals surface area contributed by atoms with Crippen molar-refractivity contribution in [3.8, 4) is 0 Å². The van der Waals surface area contributed by atoms with Crippen LogP contribution in [0.2, 0.25) is 5.02 Å². The number of carbonyl (C=O) groups is 3. The number of hydrogen-bond donors (Lipinski definition) is 2. The number of amides is 2. The Bertz CT molecular complexity index is 1850. The van der Waals surface area contributed by atoms with Gasteiger partial charge in [-0.15, -0.1) is 0 Å². The quantitative estimate of drug-likeness (QED) is 0.170. The molecule has 5 aromatic carbocycles. The molecule has 0 aliphatic carbocycles. The molecule has 1 heterocycles. The standard InChI is InChI=1S/C39H31ClN2O4/c40-32-23-21-30(22-24-32)36(46-35(43)25-27-13-5-1-6-14-27)37(44)42-39(31-19-11-4-12-20-31)33(28-15-7-2-8-16-28)26-34(41-38(39)45)29-17-9-3-10-18-29/h1-24,26,33,36H,25H2,(H,41,45)(H,42,44)/t33-,36?,39+/m0/s1. The predicted molar refractivity (Wildman–Crippen MR) is 178 cm³/mol. The third kappa shape index (κ3) is 6.48. The summed E-state index contributed by atoms with van der Waals surface area (Å²) < 4.78 is 5.89. The van der Waals surface area contributed by atoms with Gasteiger partial charge in [-0.2, -0.15) is 0 Å². The molecule has 1 aliphatic rings. The Hall–Kier alpha value is -5.46. The lowest BCUT2D eigenvalue weighted by atomic mass is 9.71. The minimum atomic E-state index is -1.60. The fraction of sp³-hybridized carbons (Fsp3) is 0.103. The first-order valence-electron chi connectivity index (χ1n) is 14.9. The molecule has 7 heteroatoms. The topological polar surface area (TPSA) is 84.5 Å². The number of rotatable bonds is 9. The van der Waals surface area contributed by atoms with Crippen LogP contribution in [-0.4, -0.2) is 17.8 Å². The van der Waals surface area contributed by atoms with Crippen LogP contribution in [0, 0.1) is 0 Å². The molecule has 0 aromatic heterocycles. The molecule has 6 nitrogen and oxygen atoms in total. The van der Waals surface area contributed by atoms with E-state index in [1.54, 1.807) is 24.3 Å². The van der Waals surface area contributed by atoms with Crippen LogP contribution in [-0.2, 0) is 31.1 Å². The number of ether oxygens (including phenoxy) is 1. The largest absolute Gasteiger partial charge is 0.447 e. The van der Waals surface area contributed by atoms with Gasteiger partial charge in [0.2, 0.25) is 6.10 Å². The van der Waals surface area contributed by atoms with Gasteiger partial charge in [-0.1, -0.05) is 145 Å². The SMILES string of the molecule is O=C(Cc1ccccc1)OC(C(=O)N[C@@]1(c2ccccc2)C(=O)NC(c2ccccc2)=C[C@H]1c1ccccc1)c1ccc(Cl)cc1. The van der Waals surface area contributed by atoms with E-state index in [-0.39, 0.29) is 6.42 Å². The summed E-state index contributed by atoms with van der Waals surface area (Å²) in [6, 6.07) is 44.0. The first-order valence-corrected chi connectivity index (χ1v) is 15.3. The Labute approximate surface area is 272 Å². The van der Waals surface area contributed by atoms with Crippen LogP contribution in [0.4, 0.5) is 0 Å². The Balaban J connectivity index is 1.45. The van der Waals surface area contributed by atoms with Crippen LogP contribution in [0.5, 0.6) is 0 Å². The summed E-state index contributed by atoms with van der Waals surface area (Å²) in [6.07, 6.45) is 0.578. The van der Waals surface area contributed by atoms with Crippen LogP contribution in [0.15, 0.2) is 152 Å². The summed E-state index contributed by atoms with van der Waals surface area (Å²) in [5.41, 5.74) is 2.41. The normalized spacial score (nSPS) is 18.1. The van der Waals surface area contributed by atoms with Crippen molar-refractivity contribution in [1.82, 2.24) is 10.6 Å². The highest BCUT2D eigenvalue weighted by molar-refractivity contribution is 6.30. The monoisotopic (exact) mass is 626 g/mol. The van der Waals surface area contributed by atoms with Crippen molar-refractivity contribution in [3.63, 3.8) is 0 Å². The maximum atomic E-state index is 14.6. The van der Waals surface area contributed by atoms with Crippen molar-refractivity contribution in [2.45, 2.75) is 24.0 Å². The number of carbonyl (C=O) groups excluding carboxylic acids is 3. The molecule has 46 heavy (non-hydrogen) atoms. The molecule has 3 atom stereocenters. The summed E-state index contributed by atoms with van der Waals surface area (Å²) in [6.45, 7) is 0. The molecule has 5 aromatic rings. The lowest BCUT2D eigenvalue weighted by Gasteiger charge is -2.43. The molecule has 0 spiro atoms. The zero-order valence-electron chi connectivity index (χ0n) is 24.8. The average Bonchev–Trinajstić information content (AvgIpc) is 3.10. The molecule has 0 fully saturated rings. The van der Waals surface area contributed by atoms with Crippen molar-refractivity contribution >= 4 is 35.1 Å². The van der Waals surface area contributed by atoms with Crippen LogP contribution < -0.4 is 10.6 Å². The van der Waals surface area contributed by atoms with E-state index in [1.807, 2.05) is 127 Å². The molecule has 1 unspecified atom stereocenters. The van der Waals surface area contributed by atoms with Gasteiger partial charge in [0.05, 0.1) is 6.42 Å². The van der Waals surface area contributed by atoms with Gasteiger partial charge in [-0.3, -0.25) is 14.4 Å². The summed E-state index contributed by atoms with van der Waals surface area (Å²) in [4.78, 5) is 42.4. The van der Waals surface area contributed by atoms with E-state index in [4.69, 9.17) is 16.3 Å². The summed E-state index contributed by atoms with van der Waals surface area (Å²) in [5.74, 6) is -2.29. The maximum absolute atomic E-state index is 14.6. The second-order valence-corrected chi connectivity index (χ2v) is 11.5. The third-order valence-corrected chi connectivity index (χ3v) is 8.30. The highest BCUT2D eigenvalue weighted by Crippen LogP contribution is 2.43. The van der Waals surface area contributed by atoms with Crippen LogP contribution >= 0.6 is 11.6 Å². The van der Waals surface area contributed by atoms with Crippen molar-refractivity contribution in [3.05, 3.63) is 185 Å². The van der Waals surface area contributed by atoms with E-state index in [9.17, 15) is 14.4 Å². The van der Waals surface area contributed by atoms with Crippen molar-refractivity contribution in [2.75, 3.05) is 0 Å². The first kappa shape index (κ1) is 30.6. The second-order valence-electron chi connectivity index (χ2n) is 11.0. The van der Waals surface area contributed by atoms with E-state index < -0.39 is 35.3 Å². The zero-order chi connectivity index (χ0) is 31.9. The van der Waals surface area contributed by atoms with Gasteiger partial charge in [0.25, 0.3) is 11.8 Å². The Morgan fingerprint density at radius 2 is 1.33 bits per heavy atom. The van der Waals surface area contributed by atoms with E-state index in [0.29, 0.717) is 21.8 Å². The van der Waals surface area contributed by atoms with Gasteiger partial charge in [-0.05, 0) is 40.5 Å². The third-order valence-electron chi connectivity index (χ3n) is 8.05. The maximum Gasteiger partial charge on any atom is 0.311 e. The van der Waals surface area contributed by atoms with Gasteiger partial charge in [0.15, 0.2) is 5.54 Å². The fourth-order valence-electron chi connectivity index (χ4n) is 5.81. The van der Waals surface area contributed by atoms with Gasteiger partial charge >= 0.3 is 5.97 Å². The molecule has 0 saturated carbocycles.